The van der Waals surface area contributed by atoms with Gasteiger partial charge in [-0.1, -0.05) is 36.4 Å². The second-order valence-electron chi connectivity index (χ2n) is 8.25. The van der Waals surface area contributed by atoms with Crippen molar-refractivity contribution in [2.45, 2.75) is 19.3 Å². The number of carbonyl (C=O) groups is 1. The minimum atomic E-state index is 0.0654. The van der Waals surface area contributed by atoms with Crippen LogP contribution < -0.4 is 16.1 Å². The molecule has 3 aromatic heterocycles. The summed E-state index contributed by atoms with van der Waals surface area (Å²) in [7, 11) is 2.38. The van der Waals surface area contributed by atoms with Gasteiger partial charge in [0.2, 0.25) is 11.9 Å². The van der Waals surface area contributed by atoms with Crippen molar-refractivity contribution in [1.29, 1.82) is 0 Å². The lowest BCUT2D eigenvalue weighted by atomic mass is 10.0. The third kappa shape index (κ3) is 4.31. The van der Waals surface area contributed by atoms with Gasteiger partial charge in [-0.3, -0.25) is 14.2 Å². The average Bonchev–Trinajstić information content (AvgIpc) is 3.51. The maximum Gasteiger partial charge on any atom is 0.246 e. The van der Waals surface area contributed by atoms with Crippen molar-refractivity contribution in [3.63, 3.8) is 0 Å². The van der Waals surface area contributed by atoms with Gasteiger partial charge in [0.05, 0.1) is 16.6 Å². The highest BCUT2D eigenvalue weighted by molar-refractivity contribution is 7.55. The normalized spacial score (nSPS) is 16.3. The molecule has 8 heteroatoms. The van der Waals surface area contributed by atoms with Crippen molar-refractivity contribution in [2.75, 3.05) is 25.5 Å². The zero-order valence-electron chi connectivity index (χ0n) is 19.3. The van der Waals surface area contributed by atoms with Gasteiger partial charge < -0.3 is 10.2 Å². The van der Waals surface area contributed by atoms with Crippen molar-refractivity contribution in [3.8, 4) is 11.4 Å². The maximum atomic E-state index is 12.4. The van der Waals surface area contributed by atoms with E-state index in [0.717, 1.165) is 46.9 Å². The molecule has 1 fully saturated rings. The highest BCUT2D eigenvalue weighted by atomic mass is 31.1. The summed E-state index contributed by atoms with van der Waals surface area (Å²) in [5.41, 5.74) is 4.15. The highest BCUT2D eigenvalue weighted by Gasteiger charge is 2.30. The summed E-state index contributed by atoms with van der Waals surface area (Å²) in [5.74, 6) is 1.85. The van der Waals surface area contributed by atoms with E-state index in [1.807, 2.05) is 49.5 Å². The smallest absolute Gasteiger partial charge is 0.246 e. The summed E-state index contributed by atoms with van der Waals surface area (Å²) < 4.78 is 2.09. The predicted octanol–water partition coefficient (Wildman–Crippen LogP) is 3.35. The highest BCUT2D eigenvalue weighted by Crippen LogP contribution is 2.34. The number of fused-ring (bicyclic) bond motifs is 1. The Morgan fingerprint density at radius 3 is 2.71 bits per heavy atom. The topological polar surface area (TPSA) is 75.4 Å². The summed E-state index contributed by atoms with van der Waals surface area (Å²) in [5, 5.41) is 4.43. The van der Waals surface area contributed by atoms with Crippen LogP contribution in [0.5, 0.6) is 0 Å². The summed E-state index contributed by atoms with van der Waals surface area (Å²) in [4.78, 5) is 28.4. The Bertz CT molecular complexity index is 1330. The Balaban J connectivity index is 1.50. The third-order valence-corrected chi connectivity index (χ3v) is 7.26. The molecule has 2 unspecified atom stereocenters. The van der Waals surface area contributed by atoms with Crippen LogP contribution in [0.15, 0.2) is 73.1 Å². The van der Waals surface area contributed by atoms with Gasteiger partial charge in [0, 0.05) is 44.0 Å². The van der Waals surface area contributed by atoms with Crippen LogP contribution in [-0.2, 0) is 4.79 Å². The Hall–Kier alpha value is -3.57. The fourth-order valence-corrected chi connectivity index (χ4v) is 5.40. The zero-order chi connectivity index (χ0) is 23.5. The second-order valence-corrected chi connectivity index (χ2v) is 9.59. The molecule has 1 aliphatic rings. The third-order valence-electron chi connectivity index (χ3n) is 6.08. The molecule has 1 saturated heterocycles. The number of nitrogens with zero attached hydrogens (tertiary/aromatic N) is 5. The maximum absolute atomic E-state index is 12.4. The van der Waals surface area contributed by atoms with Crippen molar-refractivity contribution in [3.05, 3.63) is 78.8 Å². The molecule has 0 aliphatic carbocycles. The van der Waals surface area contributed by atoms with Crippen LogP contribution in [0.25, 0.3) is 16.9 Å². The summed E-state index contributed by atoms with van der Waals surface area (Å²) in [6.45, 7) is 3.29. The molecule has 2 atom stereocenters. The molecule has 0 bridgehead atoms. The molecule has 4 heterocycles. The Morgan fingerprint density at radius 1 is 1.12 bits per heavy atom. The van der Waals surface area contributed by atoms with E-state index >= 15 is 0 Å². The number of aromatic nitrogens is 4. The molecule has 1 aromatic carbocycles. The first kappa shape index (κ1) is 22.2. The van der Waals surface area contributed by atoms with Crippen LogP contribution in [0.3, 0.4) is 0 Å². The van der Waals surface area contributed by atoms with Gasteiger partial charge in [0.15, 0.2) is 0 Å². The van der Waals surface area contributed by atoms with Crippen LogP contribution in [0.1, 0.15) is 25.0 Å². The van der Waals surface area contributed by atoms with E-state index in [1.54, 1.807) is 12.2 Å². The monoisotopic (exact) mass is 470 g/mol. The van der Waals surface area contributed by atoms with E-state index in [4.69, 9.17) is 4.98 Å². The number of rotatable bonds is 6. The van der Waals surface area contributed by atoms with Gasteiger partial charge in [-0.15, -0.1) is 0 Å². The van der Waals surface area contributed by atoms with Crippen LogP contribution in [0.4, 0.5) is 5.95 Å². The number of benzene rings is 1. The van der Waals surface area contributed by atoms with Gasteiger partial charge in [0.25, 0.3) is 0 Å². The number of hydrogen-bond donors (Lipinski definition) is 1. The molecule has 172 valence electrons. The average molecular weight is 471 g/mol. The van der Waals surface area contributed by atoms with Crippen molar-refractivity contribution in [1.82, 2.24) is 24.3 Å². The lowest BCUT2D eigenvalue weighted by Gasteiger charge is -2.13. The Labute approximate surface area is 200 Å². The van der Waals surface area contributed by atoms with E-state index in [-0.39, 0.29) is 11.8 Å². The quantitative estimate of drug-likeness (QED) is 0.346. The first-order valence-electron chi connectivity index (χ1n) is 11.4. The van der Waals surface area contributed by atoms with E-state index in [0.29, 0.717) is 15.1 Å². The number of allylic oxidation sites excluding steroid dienone is 1. The molecule has 7 nitrogen and oxygen atoms in total. The van der Waals surface area contributed by atoms with E-state index in [9.17, 15) is 4.79 Å². The molecule has 0 saturated carbocycles. The van der Waals surface area contributed by atoms with Crippen LogP contribution in [0, 0.1) is 0 Å². The minimum absolute atomic E-state index is 0.0654. The van der Waals surface area contributed by atoms with Crippen molar-refractivity contribution < 1.29 is 4.79 Å². The fraction of sp³-hybridized carbons (Fsp3) is 0.231. The van der Waals surface area contributed by atoms with Crippen LogP contribution >= 0.6 is 8.58 Å². The fourth-order valence-electron chi connectivity index (χ4n) is 4.45. The number of amides is 1. The van der Waals surface area contributed by atoms with Crippen LogP contribution in [-0.4, -0.2) is 50.3 Å². The van der Waals surface area contributed by atoms with E-state index in [1.165, 1.54) is 5.30 Å². The summed E-state index contributed by atoms with van der Waals surface area (Å²) >= 11 is 0. The molecule has 5 rings (SSSR count). The second kappa shape index (κ2) is 9.74. The SMILES string of the molecule is CC=CC(=O)N1CCC(c2nc(-c3ccc(Pc4ccccn4)cc3)n3c(NC)nccc23)C1. The molecular formula is C26H27N6OP. The lowest BCUT2D eigenvalue weighted by molar-refractivity contribution is -0.125. The van der Waals surface area contributed by atoms with Gasteiger partial charge in [-0.05, 0) is 51.5 Å². The molecule has 0 spiro atoms. The van der Waals surface area contributed by atoms with Crippen molar-refractivity contribution >= 4 is 36.7 Å². The molecule has 0 radical (unpaired) electrons. The molecule has 34 heavy (non-hydrogen) atoms. The molecule has 4 aromatic rings. The van der Waals surface area contributed by atoms with Gasteiger partial charge in [0.1, 0.15) is 5.82 Å². The van der Waals surface area contributed by atoms with Crippen LogP contribution in [0.2, 0.25) is 0 Å². The first-order valence-corrected chi connectivity index (χ1v) is 12.4. The largest absolute Gasteiger partial charge is 0.358 e. The lowest BCUT2D eigenvalue weighted by Crippen LogP contribution is -2.26. The summed E-state index contributed by atoms with van der Waals surface area (Å²) in [6, 6.07) is 16.5. The standard InChI is InChI=1S/C26H27N6OP/c1-3-6-23(33)31-16-13-19(17-31)24-21-12-15-29-26(27-2)32(21)25(30-24)18-8-10-20(11-9-18)34-22-7-4-5-14-28-22/h3-12,14-15,19,34H,13,16-17H2,1-2H3,(H,27,29). The Morgan fingerprint density at radius 2 is 1.97 bits per heavy atom. The molecule has 1 N–H and O–H groups in total. The van der Waals surface area contributed by atoms with Crippen molar-refractivity contribution in [2.24, 2.45) is 0 Å². The number of nitrogens with one attached hydrogen (secondary N) is 1. The van der Waals surface area contributed by atoms with Gasteiger partial charge in [-0.2, -0.15) is 0 Å². The summed E-state index contributed by atoms with van der Waals surface area (Å²) in [6.07, 6.45) is 7.97. The number of pyridine rings is 1. The van der Waals surface area contributed by atoms with E-state index in [2.05, 4.69) is 50.0 Å². The minimum Gasteiger partial charge on any atom is -0.358 e. The van der Waals surface area contributed by atoms with Gasteiger partial charge >= 0.3 is 0 Å². The Kier molecular flexibility index (Phi) is 6.37. The molecule has 1 amide bonds. The van der Waals surface area contributed by atoms with Gasteiger partial charge in [-0.25, -0.2) is 9.97 Å². The first-order chi connectivity index (χ1) is 16.7. The van der Waals surface area contributed by atoms with E-state index < -0.39 is 0 Å². The zero-order valence-corrected chi connectivity index (χ0v) is 20.3. The predicted molar refractivity (Wildman–Crippen MR) is 139 cm³/mol. The number of carbonyl (C=O) groups excluding carboxylic acids is 1. The molecular weight excluding hydrogens is 443 g/mol. The molecule has 1 aliphatic heterocycles. The number of imidazole rings is 1. The number of likely N-dealkylation sites (tertiary alicyclic amines) is 1. The number of hydrogen-bond acceptors (Lipinski definition) is 5. The number of anilines is 1.